The van der Waals surface area contributed by atoms with Gasteiger partial charge in [-0.3, -0.25) is 0 Å². The number of hydrogen-bond acceptors (Lipinski definition) is 3. The molecule has 0 amide bonds. The molecule has 0 saturated carbocycles. The summed E-state index contributed by atoms with van der Waals surface area (Å²) in [4.78, 5) is 2.36. The number of benzene rings is 2. The van der Waals surface area contributed by atoms with Crippen molar-refractivity contribution in [1.82, 2.24) is 10.2 Å². The fourth-order valence-electron chi connectivity index (χ4n) is 3.11. The molecule has 2 aromatic carbocycles. The molecule has 2 aromatic rings. The maximum absolute atomic E-state index is 6.03. The molecule has 3 nitrogen and oxygen atoms in total. The van der Waals surface area contributed by atoms with E-state index in [-0.39, 0.29) is 6.10 Å². The Morgan fingerprint density at radius 2 is 2.04 bits per heavy atom. The van der Waals surface area contributed by atoms with Crippen LogP contribution in [0.3, 0.4) is 0 Å². The molecule has 1 heterocycles. The highest BCUT2D eigenvalue weighted by Gasteiger charge is 2.22. The van der Waals surface area contributed by atoms with Gasteiger partial charge in [-0.05, 0) is 55.9 Å². The van der Waals surface area contributed by atoms with Crippen LogP contribution in [-0.2, 0) is 13.0 Å². The summed E-state index contributed by atoms with van der Waals surface area (Å²) in [7, 11) is 2.17. The lowest BCUT2D eigenvalue weighted by atomic mass is 10.1. The van der Waals surface area contributed by atoms with Gasteiger partial charge in [0.15, 0.2) is 0 Å². The minimum Gasteiger partial charge on any atom is -0.488 e. The zero-order valence-corrected chi connectivity index (χ0v) is 14.9. The summed E-state index contributed by atoms with van der Waals surface area (Å²) < 4.78 is 5.94. The van der Waals surface area contributed by atoms with Crippen molar-refractivity contribution in [3.05, 3.63) is 64.7 Å². The standard InChI is InChI=1S/C20H25ClN2O/c1-23(15-16-6-3-2-4-7-16)11-5-10-22-14-19-13-17-12-18(21)8-9-20(17)24-19/h2-4,6-9,12,19,22H,5,10-11,13-15H2,1H3. The topological polar surface area (TPSA) is 24.5 Å². The maximum atomic E-state index is 6.03. The summed E-state index contributed by atoms with van der Waals surface area (Å²) >= 11 is 6.03. The minimum absolute atomic E-state index is 0.223. The van der Waals surface area contributed by atoms with Crippen LogP contribution in [0.2, 0.25) is 5.02 Å². The third-order valence-corrected chi connectivity index (χ3v) is 4.56. The third-order valence-electron chi connectivity index (χ3n) is 4.32. The van der Waals surface area contributed by atoms with Crippen molar-refractivity contribution in [3.8, 4) is 5.75 Å². The van der Waals surface area contributed by atoms with E-state index in [2.05, 4.69) is 47.6 Å². The van der Waals surface area contributed by atoms with Crippen LogP contribution in [0.25, 0.3) is 0 Å². The molecular formula is C20H25ClN2O. The predicted octanol–water partition coefficient (Wildman–Crippen LogP) is 3.76. The highest BCUT2D eigenvalue weighted by molar-refractivity contribution is 6.30. The van der Waals surface area contributed by atoms with Crippen LogP contribution in [-0.4, -0.2) is 37.7 Å². The Morgan fingerprint density at radius 1 is 1.21 bits per heavy atom. The van der Waals surface area contributed by atoms with Crippen LogP contribution in [0.5, 0.6) is 5.75 Å². The quantitative estimate of drug-likeness (QED) is 0.738. The van der Waals surface area contributed by atoms with Crippen LogP contribution in [0, 0.1) is 0 Å². The Hall–Kier alpha value is -1.55. The van der Waals surface area contributed by atoms with Gasteiger partial charge in [-0.2, -0.15) is 0 Å². The van der Waals surface area contributed by atoms with E-state index in [4.69, 9.17) is 16.3 Å². The second kappa shape index (κ2) is 8.52. The molecule has 3 rings (SSSR count). The Labute approximate surface area is 149 Å². The highest BCUT2D eigenvalue weighted by Crippen LogP contribution is 2.30. The molecule has 0 bridgehead atoms. The van der Waals surface area contributed by atoms with Crippen LogP contribution in [0.1, 0.15) is 17.5 Å². The van der Waals surface area contributed by atoms with E-state index in [9.17, 15) is 0 Å². The van der Waals surface area contributed by atoms with Gasteiger partial charge >= 0.3 is 0 Å². The van der Waals surface area contributed by atoms with Crippen molar-refractivity contribution in [2.75, 3.05) is 26.7 Å². The van der Waals surface area contributed by atoms with Crippen molar-refractivity contribution in [1.29, 1.82) is 0 Å². The summed E-state index contributed by atoms with van der Waals surface area (Å²) in [6, 6.07) is 16.5. The average molecular weight is 345 g/mol. The number of halogens is 1. The van der Waals surface area contributed by atoms with Crippen LogP contribution >= 0.6 is 11.6 Å². The van der Waals surface area contributed by atoms with Gasteiger partial charge in [-0.1, -0.05) is 41.9 Å². The van der Waals surface area contributed by atoms with Crippen molar-refractivity contribution >= 4 is 11.6 Å². The van der Waals surface area contributed by atoms with Gasteiger partial charge in [-0.15, -0.1) is 0 Å². The molecule has 4 heteroatoms. The van der Waals surface area contributed by atoms with Crippen LogP contribution in [0.4, 0.5) is 0 Å². The summed E-state index contributed by atoms with van der Waals surface area (Å²) in [5, 5.41) is 4.30. The van der Waals surface area contributed by atoms with E-state index in [1.54, 1.807) is 0 Å². The summed E-state index contributed by atoms with van der Waals surface area (Å²) in [5.41, 5.74) is 2.58. The van der Waals surface area contributed by atoms with Gasteiger partial charge in [0.1, 0.15) is 11.9 Å². The molecule has 0 aliphatic carbocycles. The zero-order chi connectivity index (χ0) is 16.8. The molecule has 0 spiro atoms. The maximum Gasteiger partial charge on any atom is 0.123 e. The second-order valence-electron chi connectivity index (χ2n) is 6.48. The Bertz CT molecular complexity index is 647. The SMILES string of the molecule is CN(CCCNCC1Cc2cc(Cl)ccc2O1)Cc1ccccc1. The van der Waals surface area contributed by atoms with Crippen molar-refractivity contribution < 1.29 is 4.74 Å². The van der Waals surface area contributed by atoms with E-state index in [0.29, 0.717) is 0 Å². The number of rotatable bonds is 8. The molecule has 0 aromatic heterocycles. The first-order valence-corrected chi connectivity index (χ1v) is 8.97. The predicted molar refractivity (Wildman–Crippen MR) is 99.8 cm³/mol. The molecule has 128 valence electrons. The number of hydrogen-bond donors (Lipinski definition) is 1. The number of nitrogens with zero attached hydrogens (tertiary/aromatic N) is 1. The van der Waals surface area contributed by atoms with E-state index in [0.717, 1.165) is 49.8 Å². The number of nitrogens with one attached hydrogen (secondary N) is 1. The van der Waals surface area contributed by atoms with Crippen LogP contribution in [0.15, 0.2) is 48.5 Å². The molecule has 1 aliphatic heterocycles. The third kappa shape index (κ3) is 4.97. The number of fused-ring (bicyclic) bond motifs is 1. The van der Waals surface area contributed by atoms with E-state index < -0.39 is 0 Å². The van der Waals surface area contributed by atoms with Crippen molar-refractivity contribution in [2.24, 2.45) is 0 Å². The lowest BCUT2D eigenvalue weighted by Crippen LogP contribution is -2.32. The van der Waals surface area contributed by atoms with Crippen LogP contribution < -0.4 is 10.1 Å². The molecule has 1 unspecified atom stereocenters. The molecule has 0 saturated heterocycles. The number of ether oxygens (including phenoxy) is 1. The Kier molecular flexibility index (Phi) is 6.13. The average Bonchev–Trinajstić information content (AvgIpc) is 2.97. The van der Waals surface area contributed by atoms with Gasteiger partial charge in [-0.25, -0.2) is 0 Å². The summed E-state index contributed by atoms with van der Waals surface area (Å²) in [5.74, 6) is 0.980. The molecule has 24 heavy (non-hydrogen) atoms. The summed E-state index contributed by atoms with van der Waals surface area (Å²) in [6.07, 6.45) is 2.30. The molecule has 0 fully saturated rings. The first-order chi connectivity index (χ1) is 11.7. The monoisotopic (exact) mass is 344 g/mol. The molecule has 1 N–H and O–H groups in total. The molecule has 1 aliphatic rings. The fraction of sp³-hybridized carbons (Fsp3) is 0.400. The molecule has 1 atom stereocenters. The van der Waals surface area contributed by atoms with Gasteiger partial charge in [0.05, 0.1) is 0 Å². The fourth-order valence-corrected chi connectivity index (χ4v) is 3.31. The summed E-state index contributed by atoms with van der Waals surface area (Å²) in [6.45, 7) is 3.98. The van der Waals surface area contributed by atoms with E-state index in [1.165, 1.54) is 11.1 Å². The lowest BCUT2D eigenvalue weighted by Gasteiger charge is -2.17. The smallest absolute Gasteiger partial charge is 0.123 e. The van der Waals surface area contributed by atoms with Crippen molar-refractivity contribution in [2.45, 2.75) is 25.5 Å². The van der Waals surface area contributed by atoms with Gasteiger partial charge in [0.2, 0.25) is 0 Å². The van der Waals surface area contributed by atoms with Crippen molar-refractivity contribution in [3.63, 3.8) is 0 Å². The van der Waals surface area contributed by atoms with Gasteiger partial charge in [0, 0.05) is 24.5 Å². The van der Waals surface area contributed by atoms with E-state index >= 15 is 0 Å². The first kappa shape index (κ1) is 17.3. The zero-order valence-electron chi connectivity index (χ0n) is 14.2. The molecular weight excluding hydrogens is 320 g/mol. The minimum atomic E-state index is 0.223. The molecule has 0 radical (unpaired) electrons. The lowest BCUT2D eigenvalue weighted by molar-refractivity contribution is 0.226. The largest absolute Gasteiger partial charge is 0.488 e. The Balaban J connectivity index is 1.29. The highest BCUT2D eigenvalue weighted by atomic mass is 35.5. The normalized spacial score (nSPS) is 16.2. The van der Waals surface area contributed by atoms with Gasteiger partial charge in [0.25, 0.3) is 0 Å². The van der Waals surface area contributed by atoms with E-state index in [1.807, 2.05) is 18.2 Å². The van der Waals surface area contributed by atoms with Gasteiger partial charge < -0.3 is 15.0 Å². The Morgan fingerprint density at radius 3 is 2.88 bits per heavy atom. The second-order valence-corrected chi connectivity index (χ2v) is 6.91. The first-order valence-electron chi connectivity index (χ1n) is 8.59.